The van der Waals surface area contributed by atoms with Crippen LogP contribution in [0.1, 0.15) is 52.4 Å². The average molecular weight is 333 g/mol. The zero-order valence-corrected chi connectivity index (χ0v) is 15.0. The van der Waals surface area contributed by atoms with E-state index in [0.29, 0.717) is 0 Å². The highest BCUT2D eigenvalue weighted by atomic mass is 16.6. The zero-order chi connectivity index (χ0) is 17.1. The molecule has 0 amide bonds. The number of carbonyl (C=O) groups is 1. The van der Waals surface area contributed by atoms with Crippen molar-refractivity contribution in [1.29, 1.82) is 0 Å². The monoisotopic (exact) mass is 333 g/mol. The predicted molar refractivity (Wildman–Crippen MR) is 94.5 cm³/mol. The summed E-state index contributed by atoms with van der Waals surface area (Å²) in [6.45, 7) is 7.03. The van der Waals surface area contributed by atoms with Crippen molar-refractivity contribution in [3.8, 4) is 0 Å². The van der Waals surface area contributed by atoms with Gasteiger partial charge in [0.25, 0.3) is 0 Å². The number of likely N-dealkylation sites (tertiary alicyclic amines) is 1. The number of piperidine rings is 1. The van der Waals surface area contributed by atoms with Crippen LogP contribution in [-0.4, -0.2) is 47.8 Å². The average Bonchev–Trinajstić information content (AvgIpc) is 2.83. The fourth-order valence-corrected chi connectivity index (χ4v) is 4.42. The second-order valence-corrected chi connectivity index (χ2v) is 7.82. The van der Waals surface area contributed by atoms with E-state index in [1.54, 1.807) is 0 Å². The maximum absolute atomic E-state index is 12.5. The quantitative estimate of drug-likeness (QED) is 0.623. The zero-order valence-electron chi connectivity index (χ0n) is 15.0. The first-order valence-corrected chi connectivity index (χ1v) is 9.48. The lowest BCUT2D eigenvalue weighted by Crippen LogP contribution is -2.41. The van der Waals surface area contributed by atoms with E-state index in [2.05, 4.69) is 24.8 Å². The molecule has 0 radical (unpaired) electrons. The molecule has 4 nitrogen and oxygen atoms in total. The highest BCUT2D eigenvalue weighted by Crippen LogP contribution is 2.37. The van der Waals surface area contributed by atoms with Crippen LogP contribution < -0.4 is 0 Å². The second kappa shape index (κ2) is 7.83. The molecular weight excluding hydrogens is 302 g/mol. The molecule has 3 aliphatic rings. The molecule has 2 aliphatic heterocycles. The van der Waals surface area contributed by atoms with Gasteiger partial charge in [0, 0.05) is 18.9 Å². The Hall–Kier alpha value is -1.13. The van der Waals surface area contributed by atoms with Crippen LogP contribution in [0.4, 0.5) is 0 Å². The Morgan fingerprint density at radius 3 is 2.71 bits per heavy atom. The van der Waals surface area contributed by atoms with Crippen LogP contribution >= 0.6 is 0 Å². The first-order valence-electron chi connectivity index (χ1n) is 9.48. The molecule has 4 heteroatoms. The summed E-state index contributed by atoms with van der Waals surface area (Å²) in [5, 5.41) is 10.8. The SMILES string of the molecule is C/C1=C/CC/C(C)=C/[C@@H](O)[C@H]2[C@H](C1)OC(=O)[C@H]2CN1CCCCC1. The summed E-state index contributed by atoms with van der Waals surface area (Å²) < 4.78 is 5.73. The highest BCUT2D eigenvalue weighted by molar-refractivity contribution is 5.76. The number of carbonyl (C=O) groups excluding carboxylic acids is 1. The number of aliphatic hydroxyl groups excluding tert-OH is 1. The van der Waals surface area contributed by atoms with Gasteiger partial charge in [-0.3, -0.25) is 4.79 Å². The van der Waals surface area contributed by atoms with Crippen LogP contribution in [-0.2, 0) is 9.53 Å². The van der Waals surface area contributed by atoms with E-state index in [-0.39, 0.29) is 23.9 Å². The Bertz CT molecular complexity index is 519. The van der Waals surface area contributed by atoms with E-state index >= 15 is 0 Å². The Labute approximate surface area is 145 Å². The Balaban J connectivity index is 1.81. The molecular formula is C20H31NO3. The predicted octanol–water partition coefficient (Wildman–Crippen LogP) is 3.07. The van der Waals surface area contributed by atoms with Crippen molar-refractivity contribution in [2.75, 3.05) is 19.6 Å². The van der Waals surface area contributed by atoms with Crippen molar-refractivity contribution in [2.45, 2.75) is 64.6 Å². The van der Waals surface area contributed by atoms with Gasteiger partial charge >= 0.3 is 5.97 Å². The molecule has 24 heavy (non-hydrogen) atoms. The van der Waals surface area contributed by atoms with E-state index in [9.17, 15) is 9.90 Å². The summed E-state index contributed by atoms with van der Waals surface area (Å²) in [6, 6.07) is 0. The van der Waals surface area contributed by atoms with Gasteiger partial charge in [-0.15, -0.1) is 0 Å². The van der Waals surface area contributed by atoms with Crippen LogP contribution in [0.15, 0.2) is 23.3 Å². The first kappa shape index (κ1) is 17.7. The maximum Gasteiger partial charge on any atom is 0.311 e. The number of esters is 1. The summed E-state index contributed by atoms with van der Waals surface area (Å²) in [7, 11) is 0. The number of aliphatic hydroxyl groups is 1. The standard InChI is InChI=1S/C20H31NO3/c1-14-7-6-8-15(2)12-18-19(17(22)11-14)16(20(23)24-18)13-21-9-4-3-5-10-21/h8,11,16-19,22H,3-7,9-10,12-13H2,1-2H3/b14-11+,15-8-/t16-,17+,18-,19-/m0/s1. The number of ether oxygens (including phenoxy) is 1. The fraction of sp³-hybridized carbons (Fsp3) is 0.750. The molecule has 3 rings (SSSR count). The number of hydrogen-bond donors (Lipinski definition) is 1. The van der Waals surface area contributed by atoms with Gasteiger partial charge in [-0.05, 0) is 52.6 Å². The number of nitrogens with zero attached hydrogens (tertiary/aromatic N) is 1. The molecule has 2 fully saturated rings. The van der Waals surface area contributed by atoms with Gasteiger partial charge in [0.05, 0.1) is 12.0 Å². The number of hydrogen-bond acceptors (Lipinski definition) is 4. The molecule has 0 aromatic rings. The number of fused-ring (bicyclic) bond motifs is 1. The maximum atomic E-state index is 12.5. The molecule has 0 unspecified atom stereocenters. The van der Waals surface area contributed by atoms with Crippen molar-refractivity contribution in [1.82, 2.24) is 4.90 Å². The van der Waals surface area contributed by atoms with Crippen LogP contribution in [0, 0.1) is 11.8 Å². The minimum Gasteiger partial charge on any atom is -0.461 e. The molecule has 2 saturated heterocycles. The van der Waals surface area contributed by atoms with Crippen LogP contribution in [0.2, 0.25) is 0 Å². The molecule has 0 aromatic carbocycles. The van der Waals surface area contributed by atoms with E-state index in [1.165, 1.54) is 30.4 Å². The van der Waals surface area contributed by atoms with Crippen LogP contribution in [0.3, 0.4) is 0 Å². The van der Waals surface area contributed by atoms with E-state index in [4.69, 9.17) is 4.74 Å². The van der Waals surface area contributed by atoms with Gasteiger partial charge in [0.1, 0.15) is 6.10 Å². The van der Waals surface area contributed by atoms with Crippen molar-refractivity contribution in [3.63, 3.8) is 0 Å². The second-order valence-electron chi connectivity index (χ2n) is 7.82. The Morgan fingerprint density at radius 2 is 1.96 bits per heavy atom. The summed E-state index contributed by atoms with van der Waals surface area (Å²) in [4.78, 5) is 14.9. The molecule has 1 N–H and O–H groups in total. The lowest BCUT2D eigenvalue weighted by atomic mass is 9.81. The molecule has 0 spiro atoms. The lowest BCUT2D eigenvalue weighted by Gasteiger charge is -2.31. The van der Waals surface area contributed by atoms with Gasteiger partial charge in [-0.1, -0.05) is 29.7 Å². The van der Waals surface area contributed by atoms with Gasteiger partial charge in [-0.2, -0.15) is 0 Å². The van der Waals surface area contributed by atoms with Crippen molar-refractivity contribution in [3.05, 3.63) is 23.3 Å². The first-order chi connectivity index (χ1) is 11.5. The van der Waals surface area contributed by atoms with Gasteiger partial charge in [0.2, 0.25) is 0 Å². The minimum atomic E-state index is -0.595. The molecule has 0 aromatic heterocycles. The van der Waals surface area contributed by atoms with Gasteiger partial charge < -0.3 is 14.7 Å². The van der Waals surface area contributed by atoms with E-state index in [1.807, 2.05) is 6.08 Å². The van der Waals surface area contributed by atoms with E-state index < -0.39 is 6.10 Å². The van der Waals surface area contributed by atoms with Gasteiger partial charge in [0.15, 0.2) is 0 Å². The molecule has 1 aliphatic carbocycles. The van der Waals surface area contributed by atoms with Crippen LogP contribution in [0.25, 0.3) is 0 Å². The largest absolute Gasteiger partial charge is 0.461 e. The molecule has 134 valence electrons. The smallest absolute Gasteiger partial charge is 0.311 e. The summed E-state index contributed by atoms with van der Waals surface area (Å²) in [5.74, 6) is -0.456. The molecule has 4 atom stereocenters. The third-order valence-electron chi connectivity index (χ3n) is 5.77. The number of rotatable bonds is 2. The van der Waals surface area contributed by atoms with Crippen LogP contribution in [0.5, 0.6) is 0 Å². The Kier molecular flexibility index (Phi) is 5.77. The third-order valence-corrected chi connectivity index (χ3v) is 5.77. The van der Waals surface area contributed by atoms with Crippen molar-refractivity contribution < 1.29 is 14.6 Å². The molecule has 0 saturated carbocycles. The number of allylic oxidation sites excluding steroid dienone is 2. The third kappa shape index (κ3) is 4.09. The van der Waals surface area contributed by atoms with Gasteiger partial charge in [-0.25, -0.2) is 0 Å². The summed E-state index contributed by atoms with van der Waals surface area (Å²) >= 11 is 0. The lowest BCUT2D eigenvalue weighted by molar-refractivity contribution is -0.144. The summed E-state index contributed by atoms with van der Waals surface area (Å²) in [6.07, 6.45) is 9.82. The normalized spacial score (nSPS) is 40.0. The fourth-order valence-electron chi connectivity index (χ4n) is 4.42. The summed E-state index contributed by atoms with van der Waals surface area (Å²) in [5.41, 5.74) is 2.46. The Morgan fingerprint density at radius 1 is 1.21 bits per heavy atom. The van der Waals surface area contributed by atoms with E-state index in [0.717, 1.165) is 38.9 Å². The van der Waals surface area contributed by atoms with Crippen molar-refractivity contribution >= 4 is 5.97 Å². The highest BCUT2D eigenvalue weighted by Gasteiger charge is 2.48. The van der Waals surface area contributed by atoms with Crippen molar-refractivity contribution in [2.24, 2.45) is 11.8 Å². The molecule has 0 bridgehead atoms. The minimum absolute atomic E-state index is 0.118. The topological polar surface area (TPSA) is 49.8 Å². The molecule has 2 heterocycles.